The molecule has 4 aliphatic carbocycles. The van der Waals surface area contributed by atoms with Gasteiger partial charge in [0, 0.05) is 13.2 Å². The fourth-order valence-electron chi connectivity index (χ4n) is 8.29. The van der Waals surface area contributed by atoms with E-state index in [0.717, 1.165) is 38.5 Å². The van der Waals surface area contributed by atoms with E-state index in [1.807, 2.05) is 0 Å². The molecule has 10 atom stereocenters. The molecule has 0 saturated heterocycles. The number of methoxy groups -OCH3 is 2. The van der Waals surface area contributed by atoms with Crippen molar-refractivity contribution in [2.24, 2.45) is 46.2 Å². The lowest BCUT2D eigenvalue weighted by Gasteiger charge is -2.63. The average molecular weight is 380 g/mol. The highest BCUT2D eigenvalue weighted by Gasteiger charge is 2.64. The van der Waals surface area contributed by atoms with Gasteiger partial charge in [-0.05, 0) is 79.4 Å². The first-order valence-corrected chi connectivity index (χ1v) is 10.8. The number of esters is 1. The standard InChI is InChI=1S/C22H37NO4/c1-21-11-18(26-3)17(24)9-12(21)5-6-13-14-7-8-15(20(25)27-4)22(14,2)10-16(23)19(13)21/h12-19,24H,5-11,23H2,1-4H3/t12-,13-,14-,15+,16+,17-,18-,19+,21-,22-/m0/s1. The van der Waals surface area contributed by atoms with Gasteiger partial charge in [0.05, 0.1) is 25.2 Å². The number of rotatable bonds is 2. The topological polar surface area (TPSA) is 81.8 Å². The summed E-state index contributed by atoms with van der Waals surface area (Å²) in [5, 5.41) is 10.5. The van der Waals surface area contributed by atoms with Crippen LogP contribution in [0.2, 0.25) is 0 Å². The first-order valence-electron chi connectivity index (χ1n) is 10.8. The van der Waals surface area contributed by atoms with E-state index in [1.165, 1.54) is 13.5 Å². The Labute approximate surface area is 163 Å². The third-order valence-electron chi connectivity index (χ3n) is 9.45. The van der Waals surface area contributed by atoms with Crippen molar-refractivity contribution in [1.82, 2.24) is 0 Å². The van der Waals surface area contributed by atoms with Gasteiger partial charge in [0.2, 0.25) is 0 Å². The van der Waals surface area contributed by atoms with Crippen LogP contribution in [-0.2, 0) is 14.3 Å². The lowest BCUT2D eigenvalue weighted by atomic mass is 9.43. The zero-order chi connectivity index (χ0) is 19.6. The molecule has 3 N–H and O–H groups in total. The lowest BCUT2D eigenvalue weighted by Crippen LogP contribution is -2.63. The molecule has 0 spiro atoms. The van der Waals surface area contributed by atoms with Crippen LogP contribution in [0.25, 0.3) is 0 Å². The highest BCUT2D eigenvalue weighted by atomic mass is 16.5. The second-order valence-electron chi connectivity index (χ2n) is 10.4. The van der Waals surface area contributed by atoms with Gasteiger partial charge in [0.25, 0.3) is 0 Å². The van der Waals surface area contributed by atoms with Gasteiger partial charge in [0.15, 0.2) is 0 Å². The molecule has 0 unspecified atom stereocenters. The van der Waals surface area contributed by atoms with Crippen molar-refractivity contribution in [3.05, 3.63) is 0 Å². The average Bonchev–Trinajstić information content (AvgIpc) is 2.97. The first-order chi connectivity index (χ1) is 12.8. The van der Waals surface area contributed by atoms with Crippen LogP contribution in [0.4, 0.5) is 0 Å². The van der Waals surface area contributed by atoms with E-state index in [-0.39, 0.29) is 41.0 Å². The minimum Gasteiger partial charge on any atom is -0.469 e. The van der Waals surface area contributed by atoms with E-state index < -0.39 is 0 Å². The van der Waals surface area contributed by atoms with Crippen LogP contribution in [0.3, 0.4) is 0 Å². The maximum absolute atomic E-state index is 12.4. The molecule has 5 heteroatoms. The van der Waals surface area contributed by atoms with Crippen LogP contribution in [-0.4, -0.2) is 43.5 Å². The number of aliphatic hydroxyl groups excluding tert-OH is 1. The van der Waals surface area contributed by atoms with Crippen molar-refractivity contribution < 1.29 is 19.4 Å². The molecule has 4 saturated carbocycles. The van der Waals surface area contributed by atoms with Crippen LogP contribution >= 0.6 is 0 Å². The van der Waals surface area contributed by atoms with Crippen LogP contribution in [0.15, 0.2) is 0 Å². The summed E-state index contributed by atoms with van der Waals surface area (Å²) in [5.74, 6) is 2.04. The lowest BCUT2D eigenvalue weighted by molar-refractivity contribution is -0.175. The Hall–Kier alpha value is -0.650. The molecule has 4 rings (SSSR count). The van der Waals surface area contributed by atoms with Gasteiger partial charge in [-0.25, -0.2) is 0 Å². The Morgan fingerprint density at radius 3 is 2.48 bits per heavy atom. The normalized spacial score (nSPS) is 54.6. The van der Waals surface area contributed by atoms with Gasteiger partial charge >= 0.3 is 5.97 Å². The predicted octanol–water partition coefficient (Wildman–Crippen LogP) is 2.74. The van der Waals surface area contributed by atoms with E-state index in [0.29, 0.717) is 23.7 Å². The molecule has 154 valence electrons. The number of carbonyl (C=O) groups excluding carboxylic acids is 1. The summed E-state index contributed by atoms with van der Waals surface area (Å²) >= 11 is 0. The summed E-state index contributed by atoms with van der Waals surface area (Å²) in [6, 6.07) is 0.0991. The molecular weight excluding hydrogens is 342 g/mol. The third-order valence-corrected chi connectivity index (χ3v) is 9.45. The number of nitrogens with two attached hydrogens (primary N) is 1. The fourth-order valence-corrected chi connectivity index (χ4v) is 8.29. The maximum Gasteiger partial charge on any atom is 0.309 e. The second-order valence-corrected chi connectivity index (χ2v) is 10.4. The van der Waals surface area contributed by atoms with Crippen LogP contribution < -0.4 is 5.73 Å². The number of aliphatic hydroxyl groups is 1. The summed E-state index contributed by atoms with van der Waals surface area (Å²) in [4.78, 5) is 12.4. The minimum atomic E-state index is -0.357. The van der Waals surface area contributed by atoms with Crippen molar-refractivity contribution in [1.29, 1.82) is 0 Å². The highest BCUT2D eigenvalue weighted by molar-refractivity contribution is 5.73. The van der Waals surface area contributed by atoms with E-state index in [4.69, 9.17) is 15.2 Å². The SMILES string of the molecule is COC(=O)[C@H]1CC[C@H]2[C@@H]3CC[C@H]4C[C@H](O)[C@@H](OC)C[C@]4(C)[C@H]3[C@H](N)C[C@]12C. The molecule has 0 aromatic carbocycles. The predicted molar refractivity (Wildman–Crippen MR) is 103 cm³/mol. The Balaban J connectivity index is 1.65. The molecule has 5 nitrogen and oxygen atoms in total. The second kappa shape index (κ2) is 6.70. The fraction of sp³-hybridized carbons (Fsp3) is 0.955. The monoisotopic (exact) mass is 379 g/mol. The van der Waals surface area contributed by atoms with E-state index >= 15 is 0 Å². The summed E-state index contributed by atoms with van der Waals surface area (Å²) in [6.07, 6.45) is 6.57. The van der Waals surface area contributed by atoms with Crippen LogP contribution in [0.1, 0.15) is 58.8 Å². The van der Waals surface area contributed by atoms with Gasteiger partial charge in [-0.2, -0.15) is 0 Å². The molecule has 0 aliphatic heterocycles. The molecule has 0 heterocycles. The largest absolute Gasteiger partial charge is 0.469 e. The molecular formula is C22H37NO4. The third kappa shape index (κ3) is 2.71. The van der Waals surface area contributed by atoms with Gasteiger partial charge in [-0.15, -0.1) is 0 Å². The Kier molecular flexibility index (Phi) is 4.88. The molecule has 0 aromatic rings. The number of hydrogen-bond acceptors (Lipinski definition) is 5. The summed E-state index contributed by atoms with van der Waals surface area (Å²) < 4.78 is 10.8. The number of carbonyl (C=O) groups is 1. The van der Waals surface area contributed by atoms with Gasteiger partial charge in [-0.3, -0.25) is 4.79 Å². The van der Waals surface area contributed by atoms with Gasteiger partial charge in [-0.1, -0.05) is 13.8 Å². The minimum absolute atomic E-state index is 0.00932. The zero-order valence-electron chi connectivity index (χ0n) is 17.3. The Bertz CT molecular complexity index is 597. The number of hydrogen-bond donors (Lipinski definition) is 2. The van der Waals surface area contributed by atoms with Gasteiger partial charge in [0.1, 0.15) is 0 Å². The molecule has 0 aromatic heterocycles. The van der Waals surface area contributed by atoms with Gasteiger partial charge < -0.3 is 20.3 Å². The number of fused-ring (bicyclic) bond motifs is 5. The molecule has 4 fully saturated rings. The number of ether oxygens (including phenoxy) is 2. The van der Waals surface area contributed by atoms with E-state index in [1.54, 1.807) is 7.11 Å². The summed E-state index contributed by atoms with van der Waals surface area (Å²) in [5.41, 5.74) is 6.97. The summed E-state index contributed by atoms with van der Waals surface area (Å²) in [6.45, 7) is 4.70. The highest BCUT2D eigenvalue weighted by Crippen LogP contribution is 2.67. The smallest absolute Gasteiger partial charge is 0.309 e. The molecule has 0 radical (unpaired) electrons. The van der Waals surface area contributed by atoms with Crippen molar-refractivity contribution >= 4 is 5.97 Å². The quantitative estimate of drug-likeness (QED) is 0.721. The van der Waals surface area contributed by atoms with Crippen LogP contribution in [0, 0.1) is 40.4 Å². The first kappa shape index (κ1) is 19.7. The van der Waals surface area contributed by atoms with Crippen molar-refractivity contribution in [3.63, 3.8) is 0 Å². The Morgan fingerprint density at radius 1 is 1.07 bits per heavy atom. The van der Waals surface area contributed by atoms with E-state index in [2.05, 4.69) is 13.8 Å². The maximum atomic E-state index is 12.4. The molecule has 4 aliphatic rings. The molecule has 0 amide bonds. The molecule has 27 heavy (non-hydrogen) atoms. The van der Waals surface area contributed by atoms with Crippen molar-refractivity contribution in [2.75, 3.05) is 14.2 Å². The molecule has 0 bridgehead atoms. The van der Waals surface area contributed by atoms with Crippen molar-refractivity contribution in [2.45, 2.75) is 77.0 Å². The van der Waals surface area contributed by atoms with Crippen molar-refractivity contribution in [3.8, 4) is 0 Å². The van der Waals surface area contributed by atoms with E-state index in [9.17, 15) is 9.90 Å². The Morgan fingerprint density at radius 2 is 1.81 bits per heavy atom. The summed E-state index contributed by atoms with van der Waals surface area (Å²) in [7, 11) is 3.22. The van der Waals surface area contributed by atoms with Crippen LogP contribution in [0.5, 0.6) is 0 Å². The zero-order valence-corrected chi connectivity index (χ0v) is 17.3.